The van der Waals surface area contributed by atoms with Crippen LogP contribution in [0.3, 0.4) is 0 Å². The number of carbonyl (C=O) groups excluding carboxylic acids is 2. The van der Waals surface area contributed by atoms with E-state index in [1.807, 2.05) is 54.6 Å². The van der Waals surface area contributed by atoms with Crippen LogP contribution < -0.4 is 0 Å². The average molecular weight is 411 g/mol. The van der Waals surface area contributed by atoms with E-state index in [2.05, 4.69) is 5.10 Å². The molecule has 2 aliphatic rings. The topological polar surface area (TPSA) is 59.0 Å². The lowest BCUT2D eigenvalue weighted by Crippen LogP contribution is -2.36. The van der Waals surface area contributed by atoms with Crippen LogP contribution in [0.25, 0.3) is 0 Å². The predicted octanol–water partition coefficient (Wildman–Crippen LogP) is 4.45. The molecule has 6 heteroatoms. The Morgan fingerprint density at radius 1 is 1.10 bits per heavy atom. The van der Waals surface area contributed by atoms with Crippen molar-refractivity contribution in [1.29, 1.82) is 0 Å². The number of hydrazone groups is 1. The van der Waals surface area contributed by atoms with E-state index in [0.717, 1.165) is 42.4 Å². The first-order valence-electron chi connectivity index (χ1n) is 9.97. The molecule has 29 heavy (non-hydrogen) atoms. The third-order valence-corrected chi connectivity index (χ3v) is 5.87. The number of carbonyl (C=O) groups is 2. The summed E-state index contributed by atoms with van der Waals surface area (Å²) < 4.78 is 5.48. The predicted molar refractivity (Wildman–Crippen MR) is 111 cm³/mol. The van der Waals surface area contributed by atoms with Crippen LogP contribution in [0, 0.1) is 5.92 Å². The van der Waals surface area contributed by atoms with Gasteiger partial charge in [0.05, 0.1) is 12.5 Å². The summed E-state index contributed by atoms with van der Waals surface area (Å²) in [7, 11) is 0. The first kappa shape index (κ1) is 19.6. The van der Waals surface area contributed by atoms with Crippen molar-refractivity contribution in [3.8, 4) is 0 Å². The second-order valence-electron chi connectivity index (χ2n) is 7.58. The Labute approximate surface area is 175 Å². The molecule has 1 aliphatic heterocycles. The van der Waals surface area contributed by atoms with Crippen molar-refractivity contribution < 1.29 is 14.3 Å². The molecule has 0 aromatic heterocycles. The minimum absolute atomic E-state index is 0.0314. The van der Waals surface area contributed by atoms with Gasteiger partial charge in [-0.2, -0.15) is 0 Å². The summed E-state index contributed by atoms with van der Waals surface area (Å²) >= 11 is 5.92. The Hall–Kier alpha value is -2.66. The van der Waals surface area contributed by atoms with Crippen molar-refractivity contribution in [2.45, 2.75) is 38.1 Å². The number of halogens is 1. The number of hydrogen-bond donors (Lipinski definition) is 0. The molecule has 1 amide bonds. The Balaban J connectivity index is 1.50. The van der Waals surface area contributed by atoms with E-state index in [1.54, 1.807) is 0 Å². The van der Waals surface area contributed by atoms with Crippen LogP contribution in [0.2, 0.25) is 0 Å². The van der Waals surface area contributed by atoms with Gasteiger partial charge in [0.2, 0.25) is 11.1 Å². The maximum Gasteiger partial charge on any atom is 0.281 e. The summed E-state index contributed by atoms with van der Waals surface area (Å²) in [5, 5.41) is 5.53. The van der Waals surface area contributed by atoms with Crippen molar-refractivity contribution in [2.24, 2.45) is 11.0 Å². The molecule has 0 radical (unpaired) electrons. The largest absolute Gasteiger partial charge is 0.466 e. The van der Waals surface area contributed by atoms with Gasteiger partial charge in [-0.1, -0.05) is 55.3 Å². The molecule has 1 heterocycles. The fourth-order valence-electron chi connectivity index (χ4n) is 4.13. The van der Waals surface area contributed by atoms with E-state index in [9.17, 15) is 9.59 Å². The molecule has 5 nitrogen and oxygen atoms in total. The molecule has 0 N–H and O–H groups in total. The van der Waals surface area contributed by atoms with Gasteiger partial charge in [0.15, 0.2) is 6.61 Å². The lowest BCUT2D eigenvalue weighted by atomic mass is 9.85. The van der Waals surface area contributed by atoms with Gasteiger partial charge in [-0.15, -0.1) is 5.10 Å². The van der Waals surface area contributed by atoms with Crippen LogP contribution in [0.4, 0.5) is 0 Å². The van der Waals surface area contributed by atoms with Gasteiger partial charge in [-0.05, 0) is 53.6 Å². The minimum atomic E-state index is -0.287. The van der Waals surface area contributed by atoms with Gasteiger partial charge in [0, 0.05) is 5.56 Å². The highest BCUT2D eigenvalue weighted by Crippen LogP contribution is 2.38. The molecule has 1 atom stereocenters. The van der Waals surface area contributed by atoms with E-state index in [4.69, 9.17) is 16.3 Å². The molecule has 1 saturated carbocycles. The molecule has 1 unspecified atom stereocenters. The number of rotatable bonds is 6. The van der Waals surface area contributed by atoms with E-state index in [1.165, 1.54) is 5.01 Å². The number of hydrogen-bond acceptors (Lipinski definition) is 4. The van der Waals surface area contributed by atoms with Crippen LogP contribution in [-0.2, 0) is 20.9 Å². The van der Waals surface area contributed by atoms with Crippen molar-refractivity contribution in [1.82, 2.24) is 5.01 Å². The quantitative estimate of drug-likeness (QED) is 0.661. The first-order chi connectivity index (χ1) is 14.1. The SMILES string of the molecule is O=C(Cl)C(c1ccc(CN2N=C(c3ccccc3)OCC2=O)cc1)C1CCCC1. The Bertz CT molecular complexity index is 905. The molecule has 1 aliphatic carbocycles. The first-order valence-corrected chi connectivity index (χ1v) is 10.3. The summed E-state index contributed by atoms with van der Waals surface area (Å²) in [6.07, 6.45) is 4.41. The van der Waals surface area contributed by atoms with Crippen LogP contribution in [0.5, 0.6) is 0 Å². The molecule has 150 valence electrons. The molecule has 2 aromatic rings. The maximum absolute atomic E-state index is 12.2. The second kappa shape index (κ2) is 8.78. The fourth-order valence-corrected chi connectivity index (χ4v) is 4.43. The Kier molecular flexibility index (Phi) is 5.95. The number of benzene rings is 2. The van der Waals surface area contributed by atoms with Crippen LogP contribution in [0.1, 0.15) is 48.3 Å². The van der Waals surface area contributed by atoms with Gasteiger partial charge in [-0.3, -0.25) is 9.59 Å². The molecular weight excluding hydrogens is 388 g/mol. The summed E-state index contributed by atoms with van der Waals surface area (Å²) in [5.41, 5.74) is 2.72. The number of amides is 1. The summed E-state index contributed by atoms with van der Waals surface area (Å²) in [6.45, 7) is 0.317. The third kappa shape index (κ3) is 4.51. The molecule has 0 bridgehead atoms. The van der Waals surface area contributed by atoms with Crippen LogP contribution in [0.15, 0.2) is 59.7 Å². The van der Waals surface area contributed by atoms with Crippen molar-refractivity contribution in [2.75, 3.05) is 6.61 Å². The van der Waals surface area contributed by atoms with E-state index in [-0.39, 0.29) is 23.7 Å². The van der Waals surface area contributed by atoms with Gasteiger partial charge in [-0.25, -0.2) is 5.01 Å². The third-order valence-electron chi connectivity index (χ3n) is 5.64. The standard InChI is InChI=1S/C23H23ClN2O3/c24-22(28)21(17-6-4-5-7-17)18-12-10-16(11-13-18)14-26-20(27)15-29-23(25-26)19-8-2-1-3-9-19/h1-3,8-13,17,21H,4-7,14-15H2. The summed E-state index contributed by atoms with van der Waals surface area (Å²) in [5.74, 6) is 0.329. The zero-order valence-electron chi connectivity index (χ0n) is 16.1. The van der Waals surface area contributed by atoms with Crippen molar-refractivity contribution >= 4 is 28.6 Å². The number of ether oxygens (including phenoxy) is 1. The second-order valence-corrected chi connectivity index (χ2v) is 7.95. The molecular formula is C23H23ClN2O3. The normalized spacial score (nSPS) is 18.3. The summed E-state index contributed by atoms with van der Waals surface area (Å²) in [6, 6.07) is 17.3. The smallest absolute Gasteiger partial charge is 0.281 e. The zero-order valence-corrected chi connectivity index (χ0v) is 16.8. The molecule has 0 spiro atoms. The van der Waals surface area contributed by atoms with Gasteiger partial charge < -0.3 is 4.74 Å². The van der Waals surface area contributed by atoms with Crippen LogP contribution >= 0.6 is 11.6 Å². The molecule has 0 saturated heterocycles. The van der Waals surface area contributed by atoms with Crippen molar-refractivity contribution in [3.05, 3.63) is 71.3 Å². The lowest BCUT2D eigenvalue weighted by molar-refractivity contribution is -0.136. The molecule has 4 rings (SSSR count). The highest BCUT2D eigenvalue weighted by atomic mass is 35.5. The Morgan fingerprint density at radius 3 is 2.45 bits per heavy atom. The van der Waals surface area contributed by atoms with Crippen LogP contribution in [-0.4, -0.2) is 28.7 Å². The molecule has 1 fully saturated rings. The minimum Gasteiger partial charge on any atom is -0.466 e. The van der Waals surface area contributed by atoms with E-state index < -0.39 is 0 Å². The molecule has 2 aromatic carbocycles. The number of nitrogens with zero attached hydrogens (tertiary/aromatic N) is 2. The Morgan fingerprint density at radius 2 is 1.79 bits per heavy atom. The zero-order chi connectivity index (χ0) is 20.2. The lowest BCUT2D eigenvalue weighted by Gasteiger charge is -2.24. The maximum atomic E-state index is 12.2. The van der Waals surface area contributed by atoms with Gasteiger partial charge in [0.25, 0.3) is 5.91 Å². The summed E-state index contributed by atoms with van der Waals surface area (Å²) in [4.78, 5) is 24.3. The van der Waals surface area contributed by atoms with E-state index in [0.29, 0.717) is 18.4 Å². The van der Waals surface area contributed by atoms with Crippen molar-refractivity contribution in [3.63, 3.8) is 0 Å². The highest BCUT2D eigenvalue weighted by Gasteiger charge is 2.31. The fraction of sp³-hybridized carbons (Fsp3) is 0.348. The average Bonchev–Trinajstić information content (AvgIpc) is 3.26. The van der Waals surface area contributed by atoms with Gasteiger partial charge in [0.1, 0.15) is 0 Å². The van der Waals surface area contributed by atoms with Gasteiger partial charge >= 0.3 is 0 Å². The monoisotopic (exact) mass is 410 g/mol. The van der Waals surface area contributed by atoms with E-state index >= 15 is 0 Å². The highest BCUT2D eigenvalue weighted by molar-refractivity contribution is 6.64.